The first-order valence-corrected chi connectivity index (χ1v) is 4.23. The topological polar surface area (TPSA) is 62.8 Å². The van der Waals surface area contributed by atoms with Gasteiger partial charge in [-0.3, -0.25) is 9.59 Å². The van der Waals surface area contributed by atoms with Gasteiger partial charge in [-0.1, -0.05) is 11.6 Å². The van der Waals surface area contributed by atoms with Gasteiger partial charge in [0.2, 0.25) is 0 Å². The van der Waals surface area contributed by atoms with Crippen molar-refractivity contribution < 1.29 is 4.79 Å². The molecule has 2 rings (SSSR count). The number of fused-ring (bicyclic) bond motifs is 1. The van der Waals surface area contributed by atoms with Gasteiger partial charge in [0, 0.05) is 5.02 Å². The molecule has 0 aliphatic heterocycles. The Morgan fingerprint density at radius 3 is 2.93 bits per heavy atom. The Labute approximate surface area is 83.5 Å². The SMILES string of the molecule is O=Cc1nc2cc(Cl)ccc2c(=O)[nH]1. The number of H-pyrrole nitrogens is 1. The van der Waals surface area contributed by atoms with Crippen LogP contribution in [-0.2, 0) is 0 Å². The van der Waals surface area contributed by atoms with E-state index < -0.39 is 0 Å². The Bertz CT molecular complexity index is 562. The van der Waals surface area contributed by atoms with Gasteiger partial charge >= 0.3 is 0 Å². The summed E-state index contributed by atoms with van der Waals surface area (Å²) < 4.78 is 0. The summed E-state index contributed by atoms with van der Waals surface area (Å²) in [4.78, 5) is 28.0. The minimum Gasteiger partial charge on any atom is -0.304 e. The van der Waals surface area contributed by atoms with Crippen LogP contribution in [0.5, 0.6) is 0 Å². The fraction of sp³-hybridized carbons (Fsp3) is 0. The zero-order valence-electron chi connectivity index (χ0n) is 6.95. The molecule has 0 amide bonds. The first-order chi connectivity index (χ1) is 6.70. The number of benzene rings is 1. The number of aromatic amines is 1. The number of nitrogens with zero attached hydrogens (tertiary/aromatic N) is 1. The van der Waals surface area contributed by atoms with Gasteiger partial charge in [0.25, 0.3) is 5.56 Å². The molecule has 14 heavy (non-hydrogen) atoms. The maximum atomic E-state index is 11.4. The fourth-order valence-corrected chi connectivity index (χ4v) is 1.35. The fourth-order valence-electron chi connectivity index (χ4n) is 1.19. The van der Waals surface area contributed by atoms with Crippen LogP contribution < -0.4 is 5.56 Å². The molecule has 70 valence electrons. The number of rotatable bonds is 1. The third kappa shape index (κ3) is 1.40. The van der Waals surface area contributed by atoms with Gasteiger partial charge in [0.1, 0.15) is 0 Å². The van der Waals surface area contributed by atoms with Crippen LogP contribution in [0.4, 0.5) is 0 Å². The van der Waals surface area contributed by atoms with E-state index in [0.29, 0.717) is 22.2 Å². The average Bonchev–Trinajstić information content (AvgIpc) is 2.16. The van der Waals surface area contributed by atoms with Crippen molar-refractivity contribution in [2.45, 2.75) is 0 Å². The quantitative estimate of drug-likeness (QED) is 0.721. The number of aromatic nitrogens is 2. The van der Waals surface area contributed by atoms with Gasteiger partial charge in [-0.25, -0.2) is 4.98 Å². The van der Waals surface area contributed by atoms with Crippen LogP contribution in [0.3, 0.4) is 0 Å². The van der Waals surface area contributed by atoms with E-state index in [-0.39, 0.29) is 11.4 Å². The van der Waals surface area contributed by atoms with Gasteiger partial charge in [0.15, 0.2) is 12.1 Å². The van der Waals surface area contributed by atoms with E-state index in [9.17, 15) is 9.59 Å². The highest BCUT2D eigenvalue weighted by Gasteiger charge is 2.02. The van der Waals surface area contributed by atoms with Crippen molar-refractivity contribution in [1.29, 1.82) is 0 Å². The second-order valence-corrected chi connectivity index (χ2v) is 3.17. The molecule has 0 radical (unpaired) electrons. The van der Waals surface area contributed by atoms with Gasteiger partial charge in [-0.05, 0) is 18.2 Å². The van der Waals surface area contributed by atoms with E-state index in [4.69, 9.17) is 11.6 Å². The molecule has 0 aliphatic carbocycles. The van der Waals surface area contributed by atoms with Crippen molar-refractivity contribution >= 4 is 28.8 Å². The van der Waals surface area contributed by atoms with Gasteiger partial charge < -0.3 is 4.98 Å². The molecule has 0 saturated heterocycles. The Balaban J connectivity index is 2.90. The first-order valence-electron chi connectivity index (χ1n) is 3.85. The molecule has 0 atom stereocenters. The second-order valence-electron chi connectivity index (χ2n) is 2.73. The summed E-state index contributed by atoms with van der Waals surface area (Å²) in [6, 6.07) is 4.71. The van der Waals surface area contributed by atoms with Crippen molar-refractivity contribution in [3.05, 3.63) is 39.4 Å². The summed E-state index contributed by atoms with van der Waals surface area (Å²) in [5.41, 5.74) is 0.0807. The number of halogens is 1. The molecule has 0 bridgehead atoms. The summed E-state index contributed by atoms with van der Waals surface area (Å²) >= 11 is 5.73. The molecule has 0 saturated carbocycles. The Hall–Kier alpha value is -1.68. The van der Waals surface area contributed by atoms with E-state index in [1.807, 2.05) is 0 Å². The van der Waals surface area contributed by atoms with Gasteiger partial charge in [0.05, 0.1) is 10.9 Å². The Morgan fingerprint density at radius 2 is 2.21 bits per heavy atom. The predicted molar refractivity (Wildman–Crippen MR) is 52.8 cm³/mol. The molecule has 2 aromatic rings. The molecular formula is C9H5ClN2O2. The Kier molecular flexibility index (Phi) is 2.05. The molecule has 1 aromatic carbocycles. The van der Waals surface area contributed by atoms with E-state index >= 15 is 0 Å². The molecule has 4 nitrogen and oxygen atoms in total. The molecule has 0 aliphatic rings. The van der Waals surface area contributed by atoms with Crippen LogP contribution in [0.15, 0.2) is 23.0 Å². The van der Waals surface area contributed by atoms with Crippen LogP contribution in [0, 0.1) is 0 Å². The zero-order chi connectivity index (χ0) is 10.1. The van der Waals surface area contributed by atoms with Crippen molar-refractivity contribution in [3.63, 3.8) is 0 Å². The molecule has 0 unspecified atom stereocenters. The molecule has 5 heteroatoms. The van der Waals surface area contributed by atoms with Crippen molar-refractivity contribution in [3.8, 4) is 0 Å². The van der Waals surface area contributed by atoms with Gasteiger partial charge in [-0.15, -0.1) is 0 Å². The van der Waals surface area contributed by atoms with Crippen molar-refractivity contribution in [1.82, 2.24) is 9.97 Å². The molecular weight excluding hydrogens is 204 g/mol. The maximum Gasteiger partial charge on any atom is 0.259 e. The largest absolute Gasteiger partial charge is 0.304 e. The van der Waals surface area contributed by atoms with Crippen LogP contribution in [-0.4, -0.2) is 16.3 Å². The molecule has 1 N–H and O–H groups in total. The van der Waals surface area contributed by atoms with Crippen LogP contribution in [0.2, 0.25) is 5.02 Å². The maximum absolute atomic E-state index is 11.4. The van der Waals surface area contributed by atoms with E-state index in [1.54, 1.807) is 18.2 Å². The highest BCUT2D eigenvalue weighted by Crippen LogP contribution is 2.13. The minimum absolute atomic E-state index is 0.00441. The first kappa shape index (κ1) is 8.90. The lowest BCUT2D eigenvalue weighted by Gasteiger charge is -1.97. The number of hydrogen-bond donors (Lipinski definition) is 1. The summed E-state index contributed by atoms with van der Waals surface area (Å²) in [6.45, 7) is 0. The lowest BCUT2D eigenvalue weighted by molar-refractivity contribution is 0.111. The third-order valence-corrected chi connectivity index (χ3v) is 2.03. The molecule has 1 heterocycles. The average molecular weight is 209 g/mol. The van der Waals surface area contributed by atoms with Crippen LogP contribution in [0.25, 0.3) is 10.9 Å². The smallest absolute Gasteiger partial charge is 0.259 e. The number of aldehydes is 1. The number of hydrogen-bond acceptors (Lipinski definition) is 3. The van der Waals surface area contributed by atoms with Crippen molar-refractivity contribution in [2.75, 3.05) is 0 Å². The van der Waals surface area contributed by atoms with Crippen molar-refractivity contribution in [2.24, 2.45) is 0 Å². The predicted octanol–water partition coefficient (Wildman–Crippen LogP) is 1.39. The highest BCUT2D eigenvalue weighted by atomic mass is 35.5. The molecule has 0 fully saturated rings. The van der Waals surface area contributed by atoms with Crippen LogP contribution in [0.1, 0.15) is 10.6 Å². The third-order valence-electron chi connectivity index (χ3n) is 1.80. The number of carbonyl (C=O) groups is 1. The summed E-state index contributed by atoms with van der Waals surface area (Å²) in [5.74, 6) is 0.00441. The van der Waals surface area contributed by atoms with E-state index in [1.165, 1.54) is 0 Å². The number of carbonyl (C=O) groups excluding carboxylic acids is 1. The van der Waals surface area contributed by atoms with E-state index in [0.717, 1.165) is 0 Å². The minimum atomic E-state index is -0.339. The highest BCUT2D eigenvalue weighted by molar-refractivity contribution is 6.31. The molecule has 1 aromatic heterocycles. The van der Waals surface area contributed by atoms with E-state index in [2.05, 4.69) is 9.97 Å². The molecule has 0 spiro atoms. The standard InChI is InChI=1S/C9H5ClN2O2/c10-5-1-2-6-7(3-5)11-8(4-13)12-9(6)14/h1-4H,(H,11,12,14). The van der Waals surface area contributed by atoms with Crippen LogP contribution >= 0.6 is 11.6 Å². The summed E-state index contributed by atoms with van der Waals surface area (Å²) in [6.07, 6.45) is 0.488. The summed E-state index contributed by atoms with van der Waals surface area (Å²) in [7, 11) is 0. The Morgan fingerprint density at radius 1 is 1.43 bits per heavy atom. The zero-order valence-corrected chi connectivity index (χ0v) is 7.71. The normalized spacial score (nSPS) is 10.4. The second kappa shape index (κ2) is 3.23. The summed E-state index contributed by atoms with van der Waals surface area (Å²) in [5, 5.41) is 0.896. The lowest BCUT2D eigenvalue weighted by atomic mass is 10.2. The monoisotopic (exact) mass is 208 g/mol. The van der Waals surface area contributed by atoms with Gasteiger partial charge in [-0.2, -0.15) is 0 Å². The lowest BCUT2D eigenvalue weighted by Crippen LogP contribution is -2.11. The number of nitrogens with one attached hydrogen (secondary N) is 1.